The summed E-state index contributed by atoms with van der Waals surface area (Å²) in [4.78, 5) is 32.6. The number of hydrogen-bond donors (Lipinski definition) is 1. The monoisotopic (exact) mass is 424 g/mol. The van der Waals surface area contributed by atoms with Gasteiger partial charge in [-0.1, -0.05) is 18.2 Å². The summed E-state index contributed by atoms with van der Waals surface area (Å²) >= 11 is 0. The number of aryl methyl sites for hydroxylation is 1. The van der Waals surface area contributed by atoms with Crippen LogP contribution in [0.5, 0.6) is 0 Å². The minimum atomic E-state index is -0.329. The number of para-hydroxylation sites is 1. The van der Waals surface area contributed by atoms with Gasteiger partial charge >= 0.3 is 0 Å². The molecule has 2 aliphatic heterocycles. The van der Waals surface area contributed by atoms with Crippen molar-refractivity contribution in [2.45, 2.75) is 25.0 Å². The molecule has 1 aromatic heterocycles. The molecular weight excluding hydrogens is 392 g/mol. The summed E-state index contributed by atoms with van der Waals surface area (Å²) in [5.41, 5.74) is 1.11. The van der Waals surface area contributed by atoms with E-state index < -0.39 is 0 Å². The first-order valence-electron chi connectivity index (χ1n) is 11.4. The van der Waals surface area contributed by atoms with Crippen LogP contribution in [0.1, 0.15) is 23.2 Å². The number of likely N-dealkylation sites (tertiary alicyclic amines) is 1. The number of benzene rings is 1. The maximum absolute atomic E-state index is 13.5. The zero-order chi connectivity index (χ0) is 21.7. The lowest BCUT2D eigenvalue weighted by Crippen LogP contribution is -2.55. The van der Waals surface area contributed by atoms with Crippen LogP contribution in [0.3, 0.4) is 0 Å². The van der Waals surface area contributed by atoms with E-state index in [2.05, 4.69) is 16.8 Å². The van der Waals surface area contributed by atoms with Crippen molar-refractivity contribution in [1.29, 1.82) is 0 Å². The van der Waals surface area contributed by atoms with E-state index in [1.54, 1.807) is 11.6 Å². The fourth-order valence-corrected chi connectivity index (χ4v) is 5.88. The average molecular weight is 425 g/mol. The quantitative estimate of drug-likeness (QED) is 0.779. The molecule has 31 heavy (non-hydrogen) atoms. The molecule has 4 atom stereocenters. The van der Waals surface area contributed by atoms with Gasteiger partial charge in [-0.15, -0.1) is 0 Å². The minimum Gasteiger partial charge on any atom is -0.391 e. The van der Waals surface area contributed by atoms with Gasteiger partial charge in [0.15, 0.2) is 0 Å². The number of aromatic nitrogens is 1. The summed E-state index contributed by atoms with van der Waals surface area (Å²) in [5, 5.41) is 11.7. The van der Waals surface area contributed by atoms with E-state index in [0.29, 0.717) is 30.5 Å². The molecule has 0 spiro atoms. The summed E-state index contributed by atoms with van der Waals surface area (Å²) in [6.07, 6.45) is 1.36. The van der Waals surface area contributed by atoms with Gasteiger partial charge in [0.25, 0.3) is 11.5 Å². The van der Waals surface area contributed by atoms with Gasteiger partial charge in [0.05, 0.1) is 17.2 Å². The molecule has 0 bridgehead atoms. The molecule has 3 fully saturated rings. The van der Waals surface area contributed by atoms with E-state index in [9.17, 15) is 14.7 Å². The van der Waals surface area contributed by atoms with Crippen molar-refractivity contribution >= 4 is 16.8 Å². The Kier molecular flexibility index (Phi) is 5.36. The first-order chi connectivity index (χ1) is 14.9. The predicted molar refractivity (Wildman–Crippen MR) is 120 cm³/mol. The summed E-state index contributed by atoms with van der Waals surface area (Å²) in [6, 6.07) is 9.26. The molecule has 5 rings (SSSR count). The summed E-state index contributed by atoms with van der Waals surface area (Å²) < 4.78 is 1.59. The number of aliphatic hydroxyl groups excluding tert-OH is 1. The molecular formula is C24H32N4O3. The van der Waals surface area contributed by atoms with Crippen molar-refractivity contribution in [2.24, 2.45) is 18.9 Å². The summed E-state index contributed by atoms with van der Waals surface area (Å²) in [6.45, 7) is 5.45. The Hall–Kier alpha value is -2.22. The van der Waals surface area contributed by atoms with E-state index in [0.717, 1.165) is 49.9 Å². The fraction of sp³-hybridized carbons (Fsp3) is 0.583. The number of likely N-dealkylation sites (N-methyl/N-ethyl adjacent to an activating group) is 1. The number of piperazine rings is 1. The van der Waals surface area contributed by atoms with Crippen molar-refractivity contribution < 1.29 is 9.90 Å². The van der Waals surface area contributed by atoms with Crippen LogP contribution in [0.2, 0.25) is 0 Å². The van der Waals surface area contributed by atoms with Gasteiger partial charge in [0, 0.05) is 63.8 Å². The minimum absolute atomic E-state index is 0.0612. The third-order valence-electron chi connectivity index (χ3n) is 7.79. The number of rotatable bonds is 2. The van der Waals surface area contributed by atoms with Gasteiger partial charge in [-0.25, -0.2) is 0 Å². The zero-order valence-corrected chi connectivity index (χ0v) is 18.4. The molecule has 2 aromatic rings. The Morgan fingerprint density at radius 3 is 2.42 bits per heavy atom. The van der Waals surface area contributed by atoms with Gasteiger partial charge in [0.2, 0.25) is 0 Å². The maximum atomic E-state index is 13.5. The molecule has 2 saturated heterocycles. The van der Waals surface area contributed by atoms with E-state index >= 15 is 0 Å². The number of amides is 1. The van der Waals surface area contributed by atoms with Crippen LogP contribution >= 0.6 is 0 Å². The number of nitrogens with zero attached hydrogens (tertiary/aromatic N) is 4. The van der Waals surface area contributed by atoms with Crippen LogP contribution in [-0.4, -0.2) is 88.7 Å². The van der Waals surface area contributed by atoms with Crippen molar-refractivity contribution in [3.8, 4) is 0 Å². The Bertz CT molecular complexity index is 1040. The van der Waals surface area contributed by atoms with Crippen LogP contribution in [0.25, 0.3) is 10.9 Å². The highest BCUT2D eigenvalue weighted by molar-refractivity contribution is 6.06. The topological polar surface area (TPSA) is 69.0 Å². The Morgan fingerprint density at radius 1 is 1.00 bits per heavy atom. The zero-order valence-electron chi connectivity index (χ0n) is 18.4. The molecule has 1 amide bonds. The lowest BCUT2D eigenvalue weighted by molar-refractivity contribution is -0.0249. The highest BCUT2D eigenvalue weighted by Crippen LogP contribution is 2.39. The largest absolute Gasteiger partial charge is 0.391 e. The molecule has 7 nitrogen and oxygen atoms in total. The van der Waals surface area contributed by atoms with E-state index in [1.165, 1.54) is 6.07 Å². The fourth-order valence-electron chi connectivity index (χ4n) is 5.88. The van der Waals surface area contributed by atoms with E-state index in [4.69, 9.17) is 0 Å². The Balaban J connectivity index is 1.35. The first-order valence-corrected chi connectivity index (χ1v) is 11.4. The number of carbonyl (C=O) groups excluding carboxylic acids is 1. The van der Waals surface area contributed by atoms with E-state index in [-0.39, 0.29) is 23.6 Å². The van der Waals surface area contributed by atoms with Gasteiger partial charge < -0.3 is 19.5 Å². The van der Waals surface area contributed by atoms with Crippen LogP contribution in [0.15, 0.2) is 35.1 Å². The third kappa shape index (κ3) is 3.69. The smallest absolute Gasteiger partial charge is 0.254 e. The average Bonchev–Trinajstić information content (AvgIpc) is 3.19. The molecule has 3 aliphatic rings. The van der Waals surface area contributed by atoms with Crippen LogP contribution in [0, 0.1) is 11.8 Å². The number of pyridine rings is 1. The highest BCUT2D eigenvalue weighted by Gasteiger charge is 2.45. The second-order valence-corrected chi connectivity index (χ2v) is 9.65. The number of carbonyl (C=O) groups is 1. The van der Waals surface area contributed by atoms with Crippen molar-refractivity contribution in [3.63, 3.8) is 0 Å². The van der Waals surface area contributed by atoms with Crippen molar-refractivity contribution in [1.82, 2.24) is 19.3 Å². The van der Waals surface area contributed by atoms with Gasteiger partial charge in [-0.05, 0) is 37.8 Å². The molecule has 7 heteroatoms. The van der Waals surface area contributed by atoms with Gasteiger partial charge in [-0.3, -0.25) is 14.5 Å². The molecule has 3 heterocycles. The van der Waals surface area contributed by atoms with Gasteiger partial charge in [0.1, 0.15) is 0 Å². The molecule has 0 unspecified atom stereocenters. The highest BCUT2D eigenvalue weighted by atomic mass is 16.3. The second-order valence-electron chi connectivity index (χ2n) is 9.65. The first kappa shape index (κ1) is 20.7. The second kappa shape index (κ2) is 8.04. The summed E-state index contributed by atoms with van der Waals surface area (Å²) in [7, 11) is 3.88. The molecule has 1 saturated carbocycles. The lowest BCUT2D eigenvalue weighted by Gasteiger charge is -2.44. The Morgan fingerprint density at radius 2 is 1.68 bits per heavy atom. The summed E-state index contributed by atoms with van der Waals surface area (Å²) in [5.74, 6) is 0.684. The SMILES string of the molecule is CN1CCN([C@@H]2C[C@@H]3CN(C(=O)c4cc(=O)n(C)c5ccccc45)C[C@@H]3C[C@H]2O)CC1. The molecule has 166 valence electrons. The number of fused-ring (bicyclic) bond motifs is 2. The third-order valence-corrected chi connectivity index (χ3v) is 7.79. The van der Waals surface area contributed by atoms with Crippen molar-refractivity contribution in [2.75, 3.05) is 46.3 Å². The Labute approximate surface area is 182 Å². The number of hydrogen-bond acceptors (Lipinski definition) is 5. The van der Waals surface area contributed by atoms with Crippen molar-refractivity contribution in [3.05, 3.63) is 46.2 Å². The maximum Gasteiger partial charge on any atom is 0.254 e. The molecule has 1 aliphatic carbocycles. The van der Waals surface area contributed by atoms with Crippen LogP contribution in [-0.2, 0) is 7.05 Å². The number of aliphatic hydroxyl groups is 1. The van der Waals surface area contributed by atoms with Gasteiger partial charge in [-0.2, -0.15) is 0 Å². The molecule has 1 N–H and O–H groups in total. The standard InChI is InChI=1S/C24H32N4O3/c1-25-7-9-27(10-8-25)21-11-16-14-28(15-17(16)12-22(21)29)24(31)19-13-23(30)26(2)20-6-4-3-5-18(19)20/h3-6,13,16-17,21-22,29H,7-12,14-15H2,1-2H3/t16-,17+,21-,22-/m1/s1. The normalized spacial score (nSPS) is 30.0. The van der Waals surface area contributed by atoms with Crippen LogP contribution < -0.4 is 5.56 Å². The molecule has 0 radical (unpaired) electrons. The molecule has 1 aromatic carbocycles. The predicted octanol–water partition coefficient (Wildman–Crippen LogP) is 0.997. The van der Waals surface area contributed by atoms with E-state index in [1.807, 2.05) is 29.2 Å². The lowest BCUT2D eigenvalue weighted by atomic mass is 9.77. The van der Waals surface area contributed by atoms with Crippen LogP contribution in [0.4, 0.5) is 0 Å².